The summed E-state index contributed by atoms with van der Waals surface area (Å²) in [4.78, 5) is 5.04. The molecule has 3 nitrogen and oxygen atoms in total. The van der Waals surface area contributed by atoms with E-state index in [0.717, 1.165) is 128 Å². The van der Waals surface area contributed by atoms with Crippen LogP contribution in [0.4, 0.5) is 34.1 Å². The number of benzene rings is 16. The van der Waals surface area contributed by atoms with E-state index in [1.807, 2.05) is 60.7 Å². The maximum absolute atomic E-state index is 10.7. The molecule has 0 fully saturated rings. The van der Waals surface area contributed by atoms with Crippen molar-refractivity contribution in [1.29, 1.82) is 0 Å². The zero-order valence-corrected chi connectivity index (χ0v) is 55.4. The SMILES string of the molecule is [2H]c1c([2H])c([2H])c2c(c1[2H])c1c([2H])c([2H])c(-c3cccc(-c4ccccc4)c3)c([2H])c1n2-c1ccc2c(c1)N(c1c(-c3ccccc3)cccc1-c1ccccc1)c1cc(C(C)(C)C)cc3c1B2c1cc(-c2ccccc2)ccc1N3c1c(-c2ccccc2)cccc1-c1ccc2c(ccc3ccccc32)c1. The van der Waals surface area contributed by atoms with Crippen molar-refractivity contribution in [3.8, 4) is 83.6 Å². The second-order valence-corrected chi connectivity index (χ2v) is 27.4. The fraction of sp³-hybridized carbons (Fsp3) is 0.0417. The van der Waals surface area contributed by atoms with Crippen molar-refractivity contribution in [2.75, 3.05) is 9.80 Å². The molecular formula is C96H68BN3. The summed E-state index contributed by atoms with van der Waals surface area (Å²) < 4.78 is 71.0. The number of aromatic nitrogens is 1. The monoisotopic (exact) mass is 1280 g/mol. The minimum atomic E-state index is -0.465. The summed E-state index contributed by atoms with van der Waals surface area (Å²) in [6.45, 7) is 6.42. The van der Waals surface area contributed by atoms with Gasteiger partial charge in [-0.3, -0.25) is 0 Å². The predicted molar refractivity (Wildman–Crippen MR) is 427 cm³/mol. The smallest absolute Gasteiger partial charge is 0.252 e. The van der Waals surface area contributed by atoms with Crippen LogP contribution >= 0.6 is 0 Å². The third-order valence-electron chi connectivity index (χ3n) is 20.5. The van der Waals surface area contributed by atoms with Crippen LogP contribution in [-0.4, -0.2) is 11.3 Å². The first-order valence-corrected chi connectivity index (χ1v) is 34.3. The number of fused-ring (bicyclic) bond motifs is 10. The Hall–Kier alpha value is -12.5. The van der Waals surface area contributed by atoms with Gasteiger partial charge in [0.1, 0.15) is 0 Å². The number of hydrogen-bond acceptors (Lipinski definition) is 2. The van der Waals surface area contributed by atoms with Crippen LogP contribution in [0.5, 0.6) is 0 Å². The van der Waals surface area contributed by atoms with Gasteiger partial charge in [0.05, 0.1) is 32.0 Å². The molecule has 16 aromatic carbocycles. The topological polar surface area (TPSA) is 11.4 Å². The number of hydrogen-bond donors (Lipinski definition) is 0. The maximum atomic E-state index is 10.7. The van der Waals surface area contributed by atoms with E-state index in [1.54, 1.807) is 4.57 Å². The summed E-state index contributed by atoms with van der Waals surface area (Å²) in [5.41, 5.74) is 23.2. The Bertz CT molecular complexity index is 6460. The third kappa shape index (κ3) is 9.73. The molecule has 0 saturated carbocycles. The van der Waals surface area contributed by atoms with Gasteiger partial charge in [0.2, 0.25) is 0 Å². The van der Waals surface area contributed by atoms with E-state index in [0.29, 0.717) is 11.3 Å². The van der Waals surface area contributed by atoms with Crippen LogP contribution in [0.25, 0.3) is 127 Å². The highest BCUT2D eigenvalue weighted by atomic mass is 15.2. The lowest BCUT2D eigenvalue weighted by Crippen LogP contribution is -2.61. The first kappa shape index (κ1) is 51.7. The number of para-hydroxylation sites is 3. The molecule has 17 aromatic rings. The maximum Gasteiger partial charge on any atom is 0.252 e. The highest BCUT2D eigenvalue weighted by molar-refractivity contribution is 7.00. The highest BCUT2D eigenvalue weighted by Crippen LogP contribution is 2.54. The van der Waals surface area contributed by atoms with Gasteiger partial charge in [-0.1, -0.05) is 324 Å². The Morgan fingerprint density at radius 2 is 0.790 bits per heavy atom. The van der Waals surface area contributed by atoms with Crippen LogP contribution < -0.4 is 26.2 Å². The van der Waals surface area contributed by atoms with Gasteiger partial charge in [-0.15, -0.1) is 0 Å². The van der Waals surface area contributed by atoms with Gasteiger partial charge in [-0.25, -0.2) is 0 Å². The van der Waals surface area contributed by atoms with E-state index in [1.165, 1.54) is 16.2 Å². The number of nitrogens with zero attached hydrogens (tertiary/aromatic N) is 3. The van der Waals surface area contributed by atoms with E-state index in [4.69, 9.17) is 0 Å². The third-order valence-corrected chi connectivity index (χ3v) is 20.5. The van der Waals surface area contributed by atoms with E-state index < -0.39 is 24.2 Å². The fourth-order valence-electron chi connectivity index (χ4n) is 15.8. The average molecular weight is 1280 g/mol. The van der Waals surface area contributed by atoms with Gasteiger partial charge in [-0.2, -0.15) is 0 Å². The summed E-state index contributed by atoms with van der Waals surface area (Å²) in [5.74, 6) is 0. The molecule has 0 radical (unpaired) electrons. The second-order valence-electron chi connectivity index (χ2n) is 27.4. The van der Waals surface area contributed by atoms with Crippen molar-refractivity contribution in [3.63, 3.8) is 0 Å². The first-order valence-electron chi connectivity index (χ1n) is 37.8. The Morgan fingerprint density at radius 3 is 1.41 bits per heavy atom. The van der Waals surface area contributed by atoms with Crippen molar-refractivity contribution in [3.05, 3.63) is 363 Å². The van der Waals surface area contributed by atoms with Crippen LogP contribution in [-0.2, 0) is 5.41 Å². The summed E-state index contributed by atoms with van der Waals surface area (Å²) in [6, 6.07) is 110. The molecule has 19 rings (SSSR count). The molecule has 1 aromatic heterocycles. The molecule has 100 heavy (non-hydrogen) atoms. The molecule has 0 amide bonds. The molecule has 0 unspecified atom stereocenters. The second kappa shape index (κ2) is 23.7. The lowest BCUT2D eigenvalue weighted by Gasteiger charge is -2.46. The normalized spacial score (nSPS) is 13.5. The first-order chi connectivity index (χ1) is 52.2. The van der Waals surface area contributed by atoms with Crippen molar-refractivity contribution >= 4 is 101 Å². The summed E-state index contributed by atoms with van der Waals surface area (Å²) in [7, 11) is 0. The summed E-state index contributed by atoms with van der Waals surface area (Å²) in [6.07, 6.45) is 0. The molecule has 470 valence electrons. The molecule has 4 heteroatoms. The fourth-order valence-corrected chi connectivity index (χ4v) is 15.8. The van der Waals surface area contributed by atoms with Crippen LogP contribution in [0.3, 0.4) is 0 Å². The molecule has 0 aliphatic carbocycles. The van der Waals surface area contributed by atoms with Crippen LogP contribution in [0.2, 0.25) is 0 Å². The number of rotatable bonds is 10. The van der Waals surface area contributed by atoms with Gasteiger partial charge < -0.3 is 14.4 Å². The van der Waals surface area contributed by atoms with Crippen molar-refractivity contribution in [2.24, 2.45) is 0 Å². The van der Waals surface area contributed by atoms with Gasteiger partial charge >= 0.3 is 0 Å². The molecule has 0 bridgehead atoms. The minimum absolute atomic E-state index is 0.0739. The van der Waals surface area contributed by atoms with Crippen molar-refractivity contribution < 1.29 is 9.60 Å². The Balaban J connectivity index is 0.964. The van der Waals surface area contributed by atoms with E-state index in [9.17, 15) is 9.60 Å². The standard InChI is InChI=1S/C96H68BN3/c1-96(2,3)75-60-91-93-92(61-75)100(94-79(65-30-13-6-14-31-65)41-24-42-80(94)66-32-15-7-16-33-66)90-62-76(98-87-45-22-21-40-83(87)84-53-48-72(59-89(84)98)70-38-23-37-69(56-70)63-26-9-4-10-27-63)51-54-85(90)97(93)86-58-71(64-28-11-5-12-29-64)50-55-88(86)99(91)95-81(67-34-17-8-18-35-67)43-25-44-82(95)74-49-52-78-73(57-74)47-46-68-36-19-20-39-77(68)78/h4-62H,1-3H3/i21D,22D,40D,45D,48D,53D,59D. The lowest BCUT2D eigenvalue weighted by molar-refractivity contribution is 0.590. The molecule has 2 aliphatic heterocycles. The van der Waals surface area contributed by atoms with Crippen molar-refractivity contribution in [2.45, 2.75) is 26.2 Å². The Kier molecular flexibility index (Phi) is 12.2. The molecular weight excluding hydrogens is 1210 g/mol. The molecule has 0 atom stereocenters. The molecule has 0 spiro atoms. The predicted octanol–water partition coefficient (Wildman–Crippen LogP) is 24.1. The van der Waals surface area contributed by atoms with Crippen LogP contribution in [0, 0.1) is 0 Å². The average Bonchev–Trinajstić information content (AvgIpc) is 0.798. The van der Waals surface area contributed by atoms with E-state index in [2.05, 4.69) is 285 Å². The lowest BCUT2D eigenvalue weighted by atomic mass is 9.33. The molecule has 0 saturated heterocycles. The van der Waals surface area contributed by atoms with Crippen molar-refractivity contribution in [1.82, 2.24) is 4.57 Å². The molecule has 0 N–H and O–H groups in total. The van der Waals surface area contributed by atoms with Gasteiger partial charge in [-0.05, 0) is 159 Å². The summed E-state index contributed by atoms with van der Waals surface area (Å²) in [5, 5.41) is 4.90. The highest BCUT2D eigenvalue weighted by Gasteiger charge is 2.46. The van der Waals surface area contributed by atoms with Crippen LogP contribution in [0.15, 0.2) is 358 Å². The minimum Gasteiger partial charge on any atom is -0.310 e. The number of anilines is 6. The largest absolute Gasteiger partial charge is 0.310 e. The zero-order chi connectivity index (χ0) is 72.7. The summed E-state index contributed by atoms with van der Waals surface area (Å²) >= 11 is 0. The van der Waals surface area contributed by atoms with Gasteiger partial charge in [0.15, 0.2) is 0 Å². The van der Waals surface area contributed by atoms with Crippen LogP contribution in [0.1, 0.15) is 35.9 Å². The quantitative estimate of drug-likeness (QED) is 0.0999. The molecule has 2 aliphatic rings. The zero-order valence-electron chi connectivity index (χ0n) is 62.4. The van der Waals surface area contributed by atoms with Gasteiger partial charge in [0.25, 0.3) is 6.71 Å². The Labute approximate surface area is 594 Å². The van der Waals surface area contributed by atoms with E-state index >= 15 is 0 Å². The van der Waals surface area contributed by atoms with Gasteiger partial charge in [0, 0.05) is 61.5 Å². The molecule has 3 heterocycles. The Morgan fingerprint density at radius 1 is 0.300 bits per heavy atom. The van der Waals surface area contributed by atoms with E-state index in [-0.39, 0.29) is 57.6 Å².